The van der Waals surface area contributed by atoms with E-state index in [-0.39, 0.29) is 29.4 Å². The molecule has 0 spiro atoms. The molecule has 2 unspecified atom stereocenters. The highest BCUT2D eigenvalue weighted by atomic mass is 16.6. The summed E-state index contributed by atoms with van der Waals surface area (Å²) >= 11 is 0. The van der Waals surface area contributed by atoms with Gasteiger partial charge in [0.15, 0.2) is 5.96 Å². The van der Waals surface area contributed by atoms with E-state index in [1.165, 1.54) is 24.3 Å². The third-order valence-corrected chi connectivity index (χ3v) is 4.05. The molecule has 1 aliphatic heterocycles. The van der Waals surface area contributed by atoms with Crippen LogP contribution in [0.1, 0.15) is 29.6 Å². The van der Waals surface area contributed by atoms with Crippen LogP contribution in [0.15, 0.2) is 53.5 Å². The first-order valence-corrected chi connectivity index (χ1v) is 7.52. The van der Waals surface area contributed by atoms with Gasteiger partial charge in [-0.25, -0.2) is 4.99 Å². The first-order chi connectivity index (χ1) is 11.9. The highest BCUT2D eigenvalue weighted by molar-refractivity contribution is 5.79. The summed E-state index contributed by atoms with van der Waals surface area (Å²) in [5.41, 5.74) is 7.40. The Kier molecular flexibility index (Phi) is 4.29. The van der Waals surface area contributed by atoms with E-state index >= 15 is 0 Å². The molecule has 128 valence electrons. The number of nitro benzene ring substituents is 2. The molecule has 9 heteroatoms. The second kappa shape index (κ2) is 6.56. The fourth-order valence-electron chi connectivity index (χ4n) is 2.82. The molecule has 9 nitrogen and oxygen atoms in total. The van der Waals surface area contributed by atoms with Crippen LogP contribution in [-0.2, 0) is 0 Å². The molecular weight excluding hydrogens is 326 g/mol. The fourth-order valence-corrected chi connectivity index (χ4v) is 2.82. The highest BCUT2D eigenvalue weighted by Crippen LogP contribution is 2.33. The van der Waals surface area contributed by atoms with Gasteiger partial charge in [0.25, 0.3) is 11.4 Å². The maximum atomic E-state index is 11.0. The van der Waals surface area contributed by atoms with E-state index in [0.29, 0.717) is 12.0 Å². The van der Waals surface area contributed by atoms with Crippen molar-refractivity contribution in [2.24, 2.45) is 10.7 Å². The summed E-state index contributed by atoms with van der Waals surface area (Å²) in [6.45, 7) is 0. The summed E-state index contributed by atoms with van der Waals surface area (Å²) in [4.78, 5) is 25.1. The lowest BCUT2D eigenvalue weighted by atomic mass is 9.93. The molecule has 3 N–H and O–H groups in total. The standard InChI is InChI=1S/C16H15N5O4/c17-16-18-14(10-4-6-12(7-5-10)20(22)23)9-15(19-16)11-2-1-3-13(8-11)21(24)25/h1-8,14-15H,9H2,(H3,17,18,19). The number of aliphatic imine (C=N–C) groups is 1. The quantitative estimate of drug-likeness (QED) is 0.647. The van der Waals surface area contributed by atoms with Crippen LogP contribution in [0.4, 0.5) is 11.4 Å². The maximum absolute atomic E-state index is 11.0. The molecule has 3 rings (SSSR count). The van der Waals surface area contributed by atoms with Gasteiger partial charge in [0.2, 0.25) is 0 Å². The van der Waals surface area contributed by atoms with Crippen molar-refractivity contribution in [2.75, 3.05) is 0 Å². The smallest absolute Gasteiger partial charge is 0.269 e. The van der Waals surface area contributed by atoms with E-state index in [1.54, 1.807) is 24.3 Å². The summed E-state index contributed by atoms with van der Waals surface area (Å²) in [5.74, 6) is 0.228. The first-order valence-electron chi connectivity index (χ1n) is 7.52. The van der Waals surface area contributed by atoms with Gasteiger partial charge < -0.3 is 11.1 Å². The van der Waals surface area contributed by atoms with Crippen LogP contribution < -0.4 is 11.1 Å². The van der Waals surface area contributed by atoms with Crippen molar-refractivity contribution in [1.29, 1.82) is 0 Å². The average Bonchev–Trinajstić information content (AvgIpc) is 2.61. The van der Waals surface area contributed by atoms with Crippen LogP contribution in [0.3, 0.4) is 0 Å². The van der Waals surface area contributed by atoms with Crippen molar-refractivity contribution in [1.82, 2.24) is 5.32 Å². The van der Waals surface area contributed by atoms with Crippen LogP contribution in [0.2, 0.25) is 0 Å². The van der Waals surface area contributed by atoms with Crippen LogP contribution in [0.5, 0.6) is 0 Å². The van der Waals surface area contributed by atoms with E-state index < -0.39 is 9.85 Å². The zero-order valence-corrected chi connectivity index (χ0v) is 13.0. The molecule has 0 amide bonds. The highest BCUT2D eigenvalue weighted by Gasteiger charge is 2.25. The average molecular weight is 341 g/mol. The zero-order valence-electron chi connectivity index (χ0n) is 13.0. The fraction of sp³-hybridized carbons (Fsp3) is 0.188. The summed E-state index contributed by atoms with van der Waals surface area (Å²) in [7, 11) is 0. The first kappa shape index (κ1) is 16.4. The normalized spacial score (nSPS) is 19.6. The van der Waals surface area contributed by atoms with Gasteiger partial charge >= 0.3 is 0 Å². The van der Waals surface area contributed by atoms with Crippen molar-refractivity contribution in [3.05, 3.63) is 79.9 Å². The van der Waals surface area contributed by atoms with E-state index in [0.717, 1.165) is 5.56 Å². The number of guanidine groups is 1. The molecule has 2 aromatic carbocycles. The predicted octanol–water partition coefficient (Wildman–Crippen LogP) is 2.59. The number of nitro groups is 2. The van der Waals surface area contributed by atoms with Gasteiger partial charge in [0.1, 0.15) is 0 Å². The van der Waals surface area contributed by atoms with Crippen LogP contribution >= 0.6 is 0 Å². The molecule has 2 aromatic rings. The Hall–Kier alpha value is -3.49. The Balaban J connectivity index is 1.86. The number of nitrogens with zero attached hydrogens (tertiary/aromatic N) is 3. The van der Waals surface area contributed by atoms with Gasteiger partial charge in [-0.2, -0.15) is 0 Å². The topological polar surface area (TPSA) is 137 Å². The number of nitrogens with two attached hydrogens (primary N) is 1. The Bertz CT molecular complexity index is 850. The van der Waals surface area contributed by atoms with E-state index in [9.17, 15) is 20.2 Å². The Morgan fingerprint density at radius 3 is 2.32 bits per heavy atom. The molecule has 0 saturated heterocycles. The number of non-ortho nitro benzene ring substituents is 2. The number of rotatable bonds is 4. The summed E-state index contributed by atoms with van der Waals surface area (Å²) < 4.78 is 0. The molecule has 1 aliphatic rings. The Morgan fingerprint density at radius 2 is 1.68 bits per heavy atom. The minimum atomic E-state index is -0.459. The second-order valence-electron chi connectivity index (χ2n) is 5.66. The number of hydrogen-bond donors (Lipinski definition) is 2. The number of benzene rings is 2. The van der Waals surface area contributed by atoms with Crippen molar-refractivity contribution < 1.29 is 9.85 Å². The van der Waals surface area contributed by atoms with Gasteiger partial charge in [0.05, 0.1) is 21.9 Å². The summed E-state index contributed by atoms with van der Waals surface area (Å²) in [5, 5.41) is 24.8. The second-order valence-corrected chi connectivity index (χ2v) is 5.66. The molecule has 2 atom stereocenters. The van der Waals surface area contributed by atoms with Gasteiger partial charge in [-0.1, -0.05) is 24.3 Å². The van der Waals surface area contributed by atoms with Crippen molar-refractivity contribution in [3.63, 3.8) is 0 Å². The van der Waals surface area contributed by atoms with Gasteiger partial charge in [-0.05, 0) is 17.5 Å². The Morgan fingerprint density at radius 1 is 1.00 bits per heavy atom. The van der Waals surface area contributed by atoms with Crippen LogP contribution in [0.25, 0.3) is 0 Å². The number of hydrogen-bond acceptors (Lipinski definition) is 7. The van der Waals surface area contributed by atoms with Crippen molar-refractivity contribution >= 4 is 17.3 Å². The largest absolute Gasteiger partial charge is 0.370 e. The number of nitrogens with one attached hydrogen (secondary N) is 1. The van der Waals surface area contributed by atoms with E-state index in [2.05, 4.69) is 10.3 Å². The maximum Gasteiger partial charge on any atom is 0.269 e. The lowest BCUT2D eigenvalue weighted by molar-refractivity contribution is -0.385. The van der Waals surface area contributed by atoms with E-state index in [4.69, 9.17) is 5.73 Å². The minimum absolute atomic E-state index is 0.00306. The van der Waals surface area contributed by atoms with Gasteiger partial charge in [-0.15, -0.1) is 0 Å². The minimum Gasteiger partial charge on any atom is -0.370 e. The zero-order chi connectivity index (χ0) is 18.0. The molecule has 0 aromatic heterocycles. The SMILES string of the molecule is NC1=NC(c2cccc([N+](=O)[O-])c2)CC(c2ccc([N+](=O)[O-])cc2)N1. The molecular formula is C16H15N5O4. The lowest BCUT2D eigenvalue weighted by Crippen LogP contribution is -2.39. The molecule has 0 bridgehead atoms. The third kappa shape index (κ3) is 3.55. The van der Waals surface area contributed by atoms with E-state index in [1.807, 2.05) is 0 Å². The monoisotopic (exact) mass is 341 g/mol. The van der Waals surface area contributed by atoms with Gasteiger partial charge in [-0.3, -0.25) is 20.2 Å². The Labute approximate surface area is 142 Å². The van der Waals surface area contributed by atoms with Crippen molar-refractivity contribution in [2.45, 2.75) is 18.5 Å². The van der Waals surface area contributed by atoms with Crippen LogP contribution in [0, 0.1) is 20.2 Å². The summed E-state index contributed by atoms with van der Waals surface area (Å²) in [6.07, 6.45) is 0.527. The van der Waals surface area contributed by atoms with Gasteiger partial charge in [0, 0.05) is 24.3 Å². The molecule has 0 saturated carbocycles. The molecule has 0 radical (unpaired) electrons. The van der Waals surface area contributed by atoms with Crippen LogP contribution in [-0.4, -0.2) is 15.8 Å². The summed E-state index contributed by atoms with van der Waals surface area (Å²) in [6, 6.07) is 12.0. The molecule has 0 aliphatic carbocycles. The van der Waals surface area contributed by atoms with Crippen molar-refractivity contribution in [3.8, 4) is 0 Å². The predicted molar refractivity (Wildman–Crippen MR) is 91.0 cm³/mol. The molecule has 25 heavy (non-hydrogen) atoms. The lowest BCUT2D eigenvalue weighted by Gasteiger charge is -2.28. The molecule has 0 fully saturated rings. The molecule has 1 heterocycles. The third-order valence-electron chi connectivity index (χ3n) is 4.05.